The summed E-state index contributed by atoms with van der Waals surface area (Å²) in [7, 11) is 0. The second-order valence-electron chi connectivity index (χ2n) is 5.74. The zero-order chi connectivity index (χ0) is 15.9. The summed E-state index contributed by atoms with van der Waals surface area (Å²) in [5, 5.41) is 7.45. The molecule has 5 heteroatoms. The van der Waals surface area contributed by atoms with E-state index in [1.807, 2.05) is 29.0 Å². The van der Waals surface area contributed by atoms with Crippen LogP contribution in [0.15, 0.2) is 41.1 Å². The molecule has 0 saturated carbocycles. The molecule has 1 aromatic heterocycles. The number of carbonyl (C=O) groups is 1. The number of nitrogens with one attached hydrogen (secondary N) is 1. The maximum Gasteiger partial charge on any atom is 0.214 e. The first-order valence-electron chi connectivity index (χ1n) is 8.06. The maximum absolute atomic E-state index is 11.1. The van der Waals surface area contributed by atoms with Crippen LogP contribution in [-0.4, -0.2) is 32.1 Å². The summed E-state index contributed by atoms with van der Waals surface area (Å²) in [6, 6.07) is 10.2. The minimum atomic E-state index is 0.240. The van der Waals surface area contributed by atoms with Gasteiger partial charge in [0.15, 0.2) is 0 Å². The van der Waals surface area contributed by atoms with Crippen LogP contribution >= 0.6 is 11.3 Å². The molecule has 4 nitrogen and oxygen atoms in total. The van der Waals surface area contributed by atoms with Crippen LogP contribution in [0.25, 0.3) is 0 Å². The number of unbranched alkanes of at least 4 members (excludes halogenated alkanes) is 1. The van der Waals surface area contributed by atoms with Gasteiger partial charge in [-0.1, -0.05) is 18.2 Å². The number of nitrogens with zero attached hydrogens (tertiary/aromatic N) is 1. The van der Waals surface area contributed by atoms with Gasteiger partial charge in [0.2, 0.25) is 6.41 Å². The van der Waals surface area contributed by atoms with E-state index in [2.05, 4.69) is 17.4 Å². The number of benzene rings is 1. The Morgan fingerprint density at radius 2 is 2.22 bits per heavy atom. The average Bonchev–Trinajstić information content (AvgIpc) is 3.23. The third-order valence-corrected chi connectivity index (χ3v) is 4.72. The molecule has 1 aliphatic rings. The molecule has 0 radical (unpaired) electrons. The molecule has 1 unspecified atom stereocenters. The Bertz CT molecular complexity index is 590. The van der Waals surface area contributed by atoms with Gasteiger partial charge in [0, 0.05) is 24.9 Å². The number of hydrogen-bond acceptors (Lipinski definition) is 4. The van der Waals surface area contributed by atoms with Crippen LogP contribution in [0, 0.1) is 0 Å². The average molecular weight is 330 g/mol. The standard InChI is InChI=1S/C18H22N2O2S/c21-14-20(16-7-10-23-13-16)9-4-3-8-19-12-17-11-15-5-1-2-6-18(15)22-17/h1-2,5-7,10,13-14,17,19H,3-4,8-9,11-12H2. The fourth-order valence-corrected chi connectivity index (χ4v) is 3.48. The van der Waals surface area contributed by atoms with E-state index in [4.69, 9.17) is 4.74 Å². The molecule has 1 amide bonds. The fourth-order valence-electron chi connectivity index (χ4n) is 2.83. The molecule has 0 saturated heterocycles. The highest BCUT2D eigenvalue weighted by molar-refractivity contribution is 7.08. The van der Waals surface area contributed by atoms with Gasteiger partial charge < -0.3 is 15.0 Å². The topological polar surface area (TPSA) is 41.6 Å². The number of fused-ring (bicyclic) bond motifs is 1. The van der Waals surface area contributed by atoms with Crippen molar-refractivity contribution in [2.24, 2.45) is 0 Å². The Balaban J connectivity index is 1.29. The van der Waals surface area contributed by atoms with E-state index in [9.17, 15) is 4.79 Å². The lowest BCUT2D eigenvalue weighted by atomic mass is 10.1. The molecule has 2 heterocycles. The maximum atomic E-state index is 11.1. The number of amides is 1. The zero-order valence-corrected chi connectivity index (χ0v) is 13.9. The van der Waals surface area contributed by atoms with Crippen LogP contribution in [0.4, 0.5) is 5.69 Å². The van der Waals surface area contributed by atoms with Gasteiger partial charge in [-0.2, -0.15) is 11.3 Å². The third-order valence-electron chi connectivity index (χ3n) is 4.05. The largest absolute Gasteiger partial charge is 0.488 e. The lowest BCUT2D eigenvalue weighted by Gasteiger charge is -2.16. The van der Waals surface area contributed by atoms with Crippen LogP contribution in [0.2, 0.25) is 0 Å². The van der Waals surface area contributed by atoms with E-state index in [0.29, 0.717) is 0 Å². The van der Waals surface area contributed by atoms with Gasteiger partial charge in [-0.25, -0.2) is 0 Å². The van der Waals surface area contributed by atoms with Gasteiger partial charge in [0.1, 0.15) is 11.9 Å². The Morgan fingerprint density at radius 1 is 1.30 bits per heavy atom. The van der Waals surface area contributed by atoms with Crippen molar-refractivity contribution in [2.75, 3.05) is 24.5 Å². The van der Waals surface area contributed by atoms with Gasteiger partial charge in [0.25, 0.3) is 0 Å². The second kappa shape index (κ2) is 8.13. The van der Waals surface area contributed by atoms with Crippen LogP contribution in [0.1, 0.15) is 18.4 Å². The zero-order valence-electron chi connectivity index (χ0n) is 13.1. The van der Waals surface area contributed by atoms with Crippen molar-refractivity contribution < 1.29 is 9.53 Å². The summed E-state index contributed by atoms with van der Waals surface area (Å²) in [5.74, 6) is 1.02. The van der Waals surface area contributed by atoms with Crippen LogP contribution in [0.5, 0.6) is 5.75 Å². The predicted octanol–water partition coefficient (Wildman–Crippen LogP) is 3.08. The lowest BCUT2D eigenvalue weighted by molar-refractivity contribution is -0.107. The first-order chi connectivity index (χ1) is 11.4. The van der Waals surface area contributed by atoms with Crippen LogP contribution in [0.3, 0.4) is 0 Å². The number of carbonyl (C=O) groups excluding carboxylic acids is 1. The Hall–Kier alpha value is -1.85. The van der Waals surface area contributed by atoms with E-state index < -0.39 is 0 Å². The summed E-state index contributed by atoms with van der Waals surface area (Å²) in [6.07, 6.45) is 4.19. The van der Waals surface area contributed by atoms with Gasteiger partial charge in [0.05, 0.1) is 5.69 Å². The molecule has 0 aliphatic carbocycles. The number of thiophene rings is 1. The minimum Gasteiger partial charge on any atom is -0.488 e. The second-order valence-corrected chi connectivity index (χ2v) is 6.52. The number of ether oxygens (including phenoxy) is 1. The molecular formula is C18H22N2O2S. The van der Waals surface area contributed by atoms with Crippen molar-refractivity contribution >= 4 is 23.4 Å². The Morgan fingerprint density at radius 3 is 3.00 bits per heavy atom. The lowest BCUT2D eigenvalue weighted by Crippen LogP contribution is -2.31. The molecular weight excluding hydrogens is 308 g/mol. The molecule has 1 N–H and O–H groups in total. The molecule has 0 spiro atoms. The SMILES string of the molecule is O=CN(CCCCNCC1Cc2ccccc2O1)c1ccsc1. The van der Waals surface area contributed by atoms with E-state index >= 15 is 0 Å². The highest BCUT2D eigenvalue weighted by Gasteiger charge is 2.21. The monoisotopic (exact) mass is 330 g/mol. The van der Waals surface area contributed by atoms with Crippen LogP contribution in [-0.2, 0) is 11.2 Å². The van der Waals surface area contributed by atoms with Gasteiger partial charge in [-0.15, -0.1) is 0 Å². The van der Waals surface area contributed by atoms with Gasteiger partial charge in [-0.3, -0.25) is 4.79 Å². The minimum absolute atomic E-state index is 0.240. The van der Waals surface area contributed by atoms with Crippen molar-refractivity contribution in [3.63, 3.8) is 0 Å². The summed E-state index contributed by atoms with van der Waals surface area (Å²) in [5.41, 5.74) is 2.30. The van der Waals surface area contributed by atoms with Crippen molar-refractivity contribution in [3.8, 4) is 5.75 Å². The molecule has 0 bridgehead atoms. The van der Waals surface area contributed by atoms with Gasteiger partial charge >= 0.3 is 0 Å². The summed E-state index contributed by atoms with van der Waals surface area (Å²) < 4.78 is 5.90. The van der Waals surface area contributed by atoms with Crippen molar-refractivity contribution in [3.05, 3.63) is 46.7 Å². The summed E-state index contributed by atoms with van der Waals surface area (Å²) in [4.78, 5) is 12.9. The van der Waals surface area contributed by atoms with Crippen LogP contribution < -0.4 is 15.0 Å². The molecule has 2 aromatic rings. The molecule has 3 rings (SSSR count). The summed E-state index contributed by atoms with van der Waals surface area (Å²) in [6.45, 7) is 2.59. The highest BCUT2D eigenvalue weighted by Crippen LogP contribution is 2.27. The van der Waals surface area contributed by atoms with Crippen molar-refractivity contribution in [2.45, 2.75) is 25.4 Å². The van der Waals surface area contributed by atoms with E-state index in [-0.39, 0.29) is 6.10 Å². The molecule has 1 aliphatic heterocycles. The van der Waals surface area contributed by atoms with Gasteiger partial charge in [-0.05, 0) is 42.5 Å². The highest BCUT2D eigenvalue weighted by atomic mass is 32.1. The van der Waals surface area contributed by atoms with E-state index in [1.165, 1.54) is 5.56 Å². The molecule has 23 heavy (non-hydrogen) atoms. The fraction of sp³-hybridized carbons (Fsp3) is 0.389. The third kappa shape index (κ3) is 4.33. The molecule has 0 fully saturated rings. The van der Waals surface area contributed by atoms with E-state index in [1.54, 1.807) is 16.2 Å². The van der Waals surface area contributed by atoms with Crippen molar-refractivity contribution in [1.29, 1.82) is 0 Å². The predicted molar refractivity (Wildman–Crippen MR) is 94.4 cm³/mol. The number of anilines is 1. The first kappa shape index (κ1) is 16.0. The number of para-hydroxylation sites is 1. The number of hydrogen-bond donors (Lipinski definition) is 1. The first-order valence-corrected chi connectivity index (χ1v) is 9.00. The smallest absolute Gasteiger partial charge is 0.214 e. The Kier molecular flexibility index (Phi) is 5.66. The normalized spacial score (nSPS) is 15.9. The molecule has 1 aromatic carbocycles. The van der Waals surface area contributed by atoms with E-state index in [0.717, 1.165) is 56.7 Å². The van der Waals surface area contributed by atoms with Crippen molar-refractivity contribution in [1.82, 2.24) is 5.32 Å². The number of rotatable bonds is 9. The Labute approximate surface area is 141 Å². The quantitative estimate of drug-likeness (QED) is 0.567. The molecule has 122 valence electrons. The summed E-state index contributed by atoms with van der Waals surface area (Å²) >= 11 is 1.61. The molecule has 1 atom stereocenters.